The normalized spacial score (nSPS) is 16.0. The predicted molar refractivity (Wildman–Crippen MR) is 104 cm³/mol. The van der Waals surface area contributed by atoms with Gasteiger partial charge in [0.25, 0.3) is 0 Å². The number of rotatable bonds is 4. The zero-order chi connectivity index (χ0) is 18.5. The molecule has 1 aliphatic rings. The molecule has 0 saturated carbocycles. The van der Waals surface area contributed by atoms with Crippen molar-refractivity contribution < 1.29 is 4.79 Å². The Labute approximate surface area is 154 Å². The number of carbonyl (C=O) groups is 1. The maximum Gasteiger partial charge on any atom is 0.241 e. The third kappa shape index (κ3) is 4.04. The van der Waals surface area contributed by atoms with Crippen LogP contribution < -0.4 is 10.2 Å². The first kappa shape index (κ1) is 18.0. The summed E-state index contributed by atoms with van der Waals surface area (Å²) in [4.78, 5) is 17.2. The Morgan fingerprint density at radius 1 is 1.12 bits per heavy atom. The van der Waals surface area contributed by atoms with Gasteiger partial charge in [-0.25, -0.2) is 0 Å². The molecule has 1 N–H and O–H groups in total. The topological polar surface area (TPSA) is 59.4 Å². The van der Waals surface area contributed by atoms with Crippen LogP contribution in [-0.4, -0.2) is 43.0 Å². The number of anilines is 2. The average molecular weight is 348 g/mol. The largest absolute Gasteiger partial charge is 0.369 e. The minimum absolute atomic E-state index is 0.0725. The fraction of sp³-hybridized carbons (Fsp3) is 0.333. The van der Waals surface area contributed by atoms with Gasteiger partial charge in [0.05, 0.1) is 17.3 Å². The molecule has 1 atom stereocenters. The van der Waals surface area contributed by atoms with E-state index in [-0.39, 0.29) is 11.9 Å². The zero-order valence-corrected chi connectivity index (χ0v) is 15.3. The van der Waals surface area contributed by atoms with Crippen molar-refractivity contribution in [2.24, 2.45) is 0 Å². The molecule has 26 heavy (non-hydrogen) atoms. The lowest BCUT2D eigenvalue weighted by atomic mass is 10.1. The average Bonchev–Trinajstić information content (AvgIpc) is 2.68. The molecule has 5 heteroatoms. The molecule has 3 rings (SSSR count). The second kappa shape index (κ2) is 8.03. The van der Waals surface area contributed by atoms with E-state index in [1.807, 2.05) is 13.0 Å². The summed E-state index contributed by atoms with van der Waals surface area (Å²) >= 11 is 0. The summed E-state index contributed by atoms with van der Waals surface area (Å²) in [6.07, 6.45) is 0. The molecule has 2 aromatic carbocycles. The van der Waals surface area contributed by atoms with Crippen LogP contribution in [0.5, 0.6) is 0 Å². The Balaban J connectivity index is 1.58. The number of nitrogens with zero attached hydrogens (tertiary/aromatic N) is 3. The molecule has 1 amide bonds. The highest BCUT2D eigenvalue weighted by Crippen LogP contribution is 2.19. The van der Waals surface area contributed by atoms with E-state index in [2.05, 4.69) is 52.4 Å². The van der Waals surface area contributed by atoms with Gasteiger partial charge in [-0.05, 0) is 43.7 Å². The van der Waals surface area contributed by atoms with E-state index in [4.69, 9.17) is 5.26 Å². The smallest absolute Gasteiger partial charge is 0.241 e. The summed E-state index contributed by atoms with van der Waals surface area (Å²) in [5.74, 6) is -0.0725. The van der Waals surface area contributed by atoms with Gasteiger partial charge >= 0.3 is 0 Å². The number of benzene rings is 2. The maximum atomic E-state index is 12.6. The summed E-state index contributed by atoms with van der Waals surface area (Å²) in [6.45, 7) is 7.49. The Kier molecular flexibility index (Phi) is 5.55. The van der Waals surface area contributed by atoms with Gasteiger partial charge in [-0.2, -0.15) is 5.26 Å². The molecule has 2 aromatic rings. The number of para-hydroxylation sites is 1. The van der Waals surface area contributed by atoms with Gasteiger partial charge in [-0.1, -0.05) is 24.3 Å². The highest BCUT2D eigenvalue weighted by Gasteiger charge is 2.26. The van der Waals surface area contributed by atoms with E-state index in [1.54, 1.807) is 18.2 Å². The Morgan fingerprint density at radius 3 is 2.54 bits per heavy atom. The van der Waals surface area contributed by atoms with Crippen LogP contribution in [0.1, 0.15) is 18.1 Å². The quantitative estimate of drug-likeness (QED) is 0.923. The minimum atomic E-state index is -0.235. The van der Waals surface area contributed by atoms with Crippen molar-refractivity contribution >= 4 is 17.3 Å². The van der Waals surface area contributed by atoms with Gasteiger partial charge in [0.2, 0.25) is 5.91 Å². The van der Waals surface area contributed by atoms with Crippen LogP contribution >= 0.6 is 0 Å². The molecule has 0 bridgehead atoms. The first-order valence-corrected chi connectivity index (χ1v) is 8.94. The van der Waals surface area contributed by atoms with Crippen molar-refractivity contribution in [3.8, 4) is 6.07 Å². The van der Waals surface area contributed by atoms with Crippen LogP contribution in [0.25, 0.3) is 0 Å². The summed E-state index contributed by atoms with van der Waals surface area (Å²) in [6, 6.07) is 17.5. The van der Waals surface area contributed by atoms with E-state index in [1.165, 1.54) is 11.3 Å². The van der Waals surface area contributed by atoms with Crippen LogP contribution in [0.15, 0.2) is 48.5 Å². The van der Waals surface area contributed by atoms with E-state index in [0.29, 0.717) is 11.3 Å². The van der Waals surface area contributed by atoms with Gasteiger partial charge < -0.3 is 10.2 Å². The van der Waals surface area contributed by atoms with E-state index in [0.717, 1.165) is 26.2 Å². The summed E-state index contributed by atoms with van der Waals surface area (Å²) < 4.78 is 0. The van der Waals surface area contributed by atoms with Crippen LogP contribution in [0.2, 0.25) is 0 Å². The van der Waals surface area contributed by atoms with Crippen LogP contribution in [0, 0.1) is 18.3 Å². The van der Waals surface area contributed by atoms with Gasteiger partial charge in [-0.15, -0.1) is 0 Å². The number of aryl methyl sites for hydroxylation is 1. The van der Waals surface area contributed by atoms with Crippen molar-refractivity contribution in [2.75, 3.05) is 36.4 Å². The second-order valence-corrected chi connectivity index (χ2v) is 6.68. The van der Waals surface area contributed by atoms with Gasteiger partial charge in [0.1, 0.15) is 6.07 Å². The number of carbonyl (C=O) groups excluding carboxylic acids is 1. The molecular formula is C21H24N4O. The lowest BCUT2D eigenvalue weighted by molar-refractivity contribution is -0.120. The van der Waals surface area contributed by atoms with Gasteiger partial charge in [-0.3, -0.25) is 9.69 Å². The van der Waals surface area contributed by atoms with Gasteiger partial charge in [0.15, 0.2) is 0 Å². The van der Waals surface area contributed by atoms with Crippen LogP contribution in [-0.2, 0) is 4.79 Å². The first-order chi connectivity index (χ1) is 12.6. The summed E-state index contributed by atoms with van der Waals surface area (Å²) in [7, 11) is 0. The van der Waals surface area contributed by atoms with E-state index >= 15 is 0 Å². The Hall–Kier alpha value is -2.84. The second-order valence-electron chi connectivity index (χ2n) is 6.68. The number of hydrogen-bond donors (Lipinski definition) is 1. The molecule has 1 saturated heterocycles. The SMILES string of the molecule is Cc1cccc(N2CCN([C@H](C)C(=O)Nc3ccccc3C#N)CC2)c1. The van der Waals surface area contributed by atoms with Crippen molar-refractivity contribution in [3.05, 3.63) is 59.7 Å². The zero-order valence-electron chi connectivity index (χ0n) is 15.3. The third-order valence-electron chi connectivity index (χ3n) is 4.91. The third-order valence-corrected chi connectivity index (χ3v) is 4.91. The first-order valence-electron chi connectivity index (χ1n) is 8.94. The molecular weight excluding hydrogens is 324 g/mol. The molecule has 1 fully saturated rings. The number of piperazine rings is 1. The minimum Gasteiger partial charge on any atom is -0.369 e. The summed E-state index contributed by atoms with van der Waals surface area (Å²) in [5.41, 5.74) is 3.56. The predicted octanol–water partition coefficient (Wildman–Crippen LogP) is 3.02. The molecule has 0 radical (unpaired) electrons. The lowest BCUT2D eigenvalue weighted by Gasteiger charge is -2.38. The van der Waals surface area contributed by atoms with Crippen molar-refractivity contribution in [3.63, 3.8) is 0 Å². The maximum absolute atomic E-state index is 12.6. The standard InChI is InChI=1S/C21H24N4O/c1-16-6-5-8-19(14-16)25-12-10-24(11-13-25)17(2)21(26)23-20-9-4-3-7-18(20)15-22/h3-9,14,17H,10-13H2,1-2H3,(H,23,26)/t17-/m1/s1. The number of nitriles is 1. The Bertz CT molecular complexity index is 819. The highest BCUT2D eigenvalue weighted by molar-refractivity contribution is 5.95. The lowest BCUT2D eigenvalue weighted by Crippen LogP contribution is -2.52. The van der Waals surface area contributed by atoms with Crippen molar-refractivity contribution in [1.82, 2.24) is 4.90 Å². The fourth-order valence-electron chi connectivity index (χ4n) is 3.28. The molecule has 0 aliphatic carbocycles. The van der Waals surface area contributed by atoms with Gasteiger partial charge in [0, 0.05) is 31.9 Å². The van der Waals surface area contributed by atoms with E-state index in [9.17, 15) is 4.79 Å². The fourth-order valence-corrected chi connectivity index (χ4v) is 3.28. The number of amides is 1. The Morgan fingerprint density at radius 2 is 1.85 bits per heavy atom. The van der Waals surface area contributed by atoms with E-state index < -0.39 is 0 Å². The summed E-state index contributed by atoms with van der Waals surface area (Å²) in [5, 5.41) is 12.1. The molecule has 0 unspecified atom stereocenters. The monoisotopic (exact) mass is 348 g/mol. The van der Waals surface area contributed by atoms with Crippen molar-refractivity contribution in [1.29, 1.82) is 5.26 Å². The van der Waals surface area contributed by atoms with Crippen LogP contribution in [0.3, 0.4) is 0 Å². The molecule has 1 aliphatic heterocycles. The molecule has 5 nitrogen and oxygen atoms in total. The number of hydrogen-bond acceptors (Lipinski definition) is 4. The highest BCUT2D eigenvalue weighted by atomic mass is 16.2. The van der Waals surface area contributed by atoms with Crippen molar-refractivity contribution in [2.45, 2.75) is 19.9 Å². The van der Waals surface area contributed by atoms with Crippen LogP contribution in [0.4, 0.5) is 11.4 Å². The molecule has 0 aromatic heterocycles. The molecule has 1 heterocycles. The molecule has 0 spiro atoms. The molecule has 134 valence electrons. The number of nitrogens with one attached hydrogen (secondary N) is 1.